The molecule has 3 rings (SSSR count). The number of nitrogens with one attached hydrogen (secondary N) is 1. The summed E-state index contributed by atoms with van der Waals surface area (Å²) in [6.45, 7) is 1.99. The van der Waals surface area contributed by atoms with Crippen molar-refractivity contribution < 1.29 is 23.9 Å². The van der Waals surface area contributed by atoms with Crippen LogP contribution >= 0.6 is 56.9 Å². The standard InChI is InChI=1S/C21H18I2N2O5S/c1-3-30-19-12(8-13(22)10-16(19)23)9-17-20(27)25(21(28)31-17)11-18(26)24-14-4-6-15(29-2)7-5-14/h4-10H,3,11H2,1-2H3,(H,24,26)/b17-9+. The fraction of sp³-hybridized carbons (Fsp3) is 0.190. The van der Waals surface area contributed by atoms with Crippen molar-refractivity contribution in [3.63, 3.8) is 0 Å². The van der Waals surface area contributed by atoms with E-state index in [2.05, 4.69) is 50.5 Å². The second-order valence-electron chi connectivity index (χ2n) is 6.28. The lowest BCUT2D eigenvalue weighted by Gasteiger charge is -2.13. The van der Waals surface area contributed by atoms with Crippen LogP contribution in [0.4, 0.5) is 10.5 Å². The Morgan fingerprint density at radius 3 is 2.55 bits per heavy atom. The highest BCUT2D eigenvalue weighted by Crippen LogP contribution is 2.36. The van der Waals surface area contributed by atoms with Gasteiger partial charge in [0, 0.05) is 14.8 Å². The van der Waals surface area contributed by atoms with Gasteiger partial charge >= 0.3 is 0 Å². The Balaban J connectivity index is 1.75. The molecule has 1 fully saturated rings. The fourth-order valence-corrected chi connectivity index (χ4v) is 5.65. The number of ether oxygens (including phenoxy) is 2. The minimum atomic E-state index is -0.504. The van der Waals surface area contributed by atoms with Crippen LogP contribution in [0.2, 0.25) is 0 Å². The number of hydrogen-bond donors (Lipinski definition) is 1. The first kappa shape index (κ1) is 23.9. The summed E-state index contributed by atoms with van der Waals surface area (Å²) in [5.74, 6) is 0.349. The molecule has 31 heavy (non-hydrogen) atoms. The van der Waals surface area contributed by atoms with E-state index >= 15 is 0 Å². The van der Waals surface area contributed by atoms with Crippen LogP contribution < -0.4 is 14.8 Å². The number of anilines is 1. The van der Waals surface area contributed by atoms with Crippen LogP contribution in [0.3, 0.4) is 0 Å². The van der Waals surface area contributed by atoms with Crippen molar-refractivity contribution >= 4 is 85.8 Å². The molecule has 0 radical (unpaired) electrons. The average Bonchev–Trinajstić information content (AvgIpc) is 2.98. The molecule has 10 heteroatoms. The number of methoxy groups -OCH3 is 1. The van der Waals surface area contributed by atoms with Gasteiger partial charge < -0.3 is 14.8 Å². The highest BCUT2D eigenvalue weighted by molar-refractivity contribution is 14.1. The Bertz CT molecular complexity index is 1060. The van der Waals surface area contributed by atoms with Gasteiger partial charge in [-0.1, -0.05) is 0 Å². The van der Waals surface area contributed by atoms with Gasteiger partial charge in [-0.2, -0.15) is 0 Å². The Kier molecular flexibility index (Phi) is 8.22. The van der Waals surface area contributed by atoms with Gasteiger partial charge in [0.2, 0.25) is 5.91 Å². The second kappa shape index (κ2) is 10.7. The van der Waals surface area contributed by atoms with Crippen LogP contribution in [0.25, 0.3) is 6.08 Å². The quantitative estimate of drug-likeness (QED) is 0.333. The first-order valence-electron chi connectivity index (χ1n) is 9.13. The van der Waals surface area contributed by atoms with E-state index in [-0.39, 0.29) is 11.4 Å². The molecule has 0 spiro atoms. The largest absolute Gasteiger partial charge is 0.497 e. The van der Waals surface area contributed by atoms with Crippen LogP contribution in [0.5, 0.6) is 11.5 Å². The average molecular weight is 664 g/mol. The number of carbonyl (C=O) groups is 3. The molecule has 1 saturated heterocycles. The summed E-state index contributed by atoms with van der Waals surface area (Å²) in [5.41, 5.74) is 1.26. The topological polar surface area (TPSA) is 84.9 Å². The number of thioether (sulfide) groups is 1. The first-order valence-corrected chi connectivity index (χ1v) is 12.1. The molecule has 1 aliphatic rings. The van der Waals surface area contributed by atoms with Crippen LogP contribution in [0.15, 0.2) is 41.3 Å². The molecule has 0 unspecified atom stereocenters. The van der Waals surface area contributed by atoms with Gasteiger partial charge in [0.15, 0.2) is 0 Å². The van der Waals surface area contributed by atoms with Crippen molar-refractivity contribution in [3.8, 4) is 11.5 Å². The number of rotatable bonds is 7. The van der Waals surface area contributed by atoms with Crippen molar-refractivity contribution in [2.45, 2.75) is 6.92 Å². The van der Waals surface area contributed by atoms with E-state index in [0.29, 0.717) is 29.4 Å². The van der Waals surface area contributed by atoms with E-state index in [4.69, 9.17) is 9.47 Å². The van der Waals surface area contributed by atoms with Crippen molar-refractivity contribution in [1.82, 2.24) is 4.90 Å². The lowest BCUT2D eigenvalue weighted by atomic mass is 10.2. The van der Waals surface area contributed by atoms with Gasteiger partial charge in [-0.3, -0.25) is 19.3 Å². The zero-order valence-corrected chi connectivity index (χ0v) is 21.7. The van der Waals surface area contributed by atoms with Gasteiger partial charge in [0.1, 0.15) is 18.0 Å². The van der Waals surface area contributed by atoms with E-state index in [1.165, 1.54) is 0 Å². The summed E-state index contributed by atoms with van der Waals surface area (Å²) < 4.78 is 12.7. The monoisotopic (exact) mass is 664 g/mol. The number of hydrogen-bond acceptors (Lipinski definition) is 6. The summed E-state index contributed by atoms with van der Waals surface area (Å²) >= 11 is 5.17. The predicted octanol–water partition coefficient (Wildman–Crippen LogP) is 4.98. The number of imide groups is 1. The Labute approximate surface area is 211 Å². The molecule has 2 aromatic carbocycles. The minimum Gasteiger partial charge on any atom is -0.497 e. The lowest BCUT2D eigenvalue weighted by Crippen LogP contribution is -2.36. The van der Waals surface area contributed by atoms with Crippen LogP contribution in [-0.2, 0) is 9.59 Å². The molecule has 0 bridgehead atoms. The van der Waals surface area contributed by atoms with E-state index in [9.17, 15) is 14.4 Å². The highest BCUT2D eigenvalue weighted by Gasteiger charge is 2.36. The van der Waals surface area contributed by atoms with Crippen molar-refractivity contribution in [1.29, 1.82) is 0 Å². The molecule has 162 valence electrons. The molecule has 1 heterocycles. The summed E-state index contributed by atoms with van der Waals surface area (Å²) in [6, 6.07) is 10.6. The van der Waals surface area contributed by atoms with Gasteiger partial charge in [-0.05, 0) is 106 Å². The Hall–Kier alpha value is -1.80. The molecule has 0 saturated carbocycles. The molecule has 3 amide bonds. The summed E-state index contributed by atoms with van der Waals surface area (Å²) in [4.78, 5) is 38.8. The van der Waals surface area contributed by atoms with E-state index in [0.717, 1.165) is 23.8 Å². The Morgan fingerprint density at radius 2 is 1.90 bits per heavy atom. The second-order valence-corrected chi connectivity index (χ2v) is 9.68. The van der Waals surface area contributed by atoms with Gasteiger partial charge in [-0.15, -0.1) is 0 Å². The van der Waals surface area contributed by atoms with Crippen LogP contribution in [-0.4, -0.2) is 42.2 Å². The molecule has 1 aliphatic heterocycles. The van der Waals surface area contributed by atoms with Crippen LogP contribution in [0, 0.1) is 7.14 Å². The minimum absolute atomic E-state index is 0.251. The molecule has 2 aromatic rings. The first-order chi connectivity index (χ1) is 14.8. The van der Waals surface area contributed by atoms with Crippen molar-refractivity contribution in [2.24, 2.45) is 0 Å². The summed E-state index contributed by atoms with van der Waals surface area (Å²) in [6.07, 6.45) is 1.64. The normalized spacial score (nSPS) is 14.8. The third kappa shape index (κ3) is 5.92. The Morgan fingerprint density at radius 1 is 1.19 bits per heavy atom. The maximum atomic E-state index is 12.8. The fourth-order valence-electron chi connectivity index (χ4n) is 2.78. The molecule has 1 N–H and O–H groups in total. The SMILES string of the molecule is CCOc1c(I)cc(I)cc1/C=C1/SC(=O)N(CC(=O)Nc2ccc(OC)cc2)C1=O. The summed E-state index contributed by atoms with van der Waals surface area (Å²) in [5, 5.41) is 2.19. The maximum absolute atomic E-state index is 12.8. The number of amides is 3. The van der Waals surface area contributed by atoms with Crippen molar-refractivity contribution in [3.05, 3.63) is 54.0 Å². The molecule has 0 atom stereocenters. The van der Waals surface area contributed by atoms with Gasteiger partial charge in [-0.25, -0.2) is 0 Å². The van der Waals surface area contributed by atoms with E-state index in [1.807, 2.05) is 19.1 Å². The van der Waals surface area contributed by atoms with Gasteiger partial charge in [0.05, 0.1) is 22.2 Å². The smallest absolute Gasteiger partial charge is 0.294 e. The molecular weight excluding hydrogens is 646 g/mol. The number of halogens is 2. The molecule has 7 nitrogen and oxygen atoms in total. The zero-order valence-electron chi connectivity index (χ0n) is 16.6. The number of benzene rings is 2. The molecular formula is C21H18I2N2O5S. The van der Waals surface area contributed by atoms with Gasteiger partial charge in [0.25, 0.3) is 11.1 Å². The number of carbonyl (C=O) groups excluding carboxylic acids is 3. The zero-order chi connectivity index (χ0) is 22.5. The third-order valence-corrected chi connectivity index (χ3v) is 6.49. The predicted molar refractivity (Wildman–Crippen MR) is 137 cm³/mol. The molecule has 0 aromatic heterocycles. The van der Waals surface area contributed by atoms with Crippen molar-refractivity contribution in [2.75, 3.05) is 25.6 Å². The maximum Gasteiger partial charge on any atom is 0.294 e. The summed E-state index contributed by atoms with van der Waals surface area (Å²) in [7, 11) is 1.55. The number of nitrogens with zero attached hydrogens (tertiary/aromatic N) is 1. The third-order valence-electron chi connectivity index (χ3n) is 4.16. The van der Waals surface area contributed by atoms with E-state index < -0.39 is 17.1 Å². The molecule has 0 aliphatic carbocycles. The van der Waals surface area contributed by atoms with E-state index in [1.54, 1.807) is 37.5 Å². The highest BCUT2D eigenvalue weighted by atomic mass is 127. The lowest BCUT2D eigenvalue weighted by molar-refractivity contribution is -0.127. The van der Waals surface area contributed by atoms with Crippen LogP contribution in [0.1, 0.15) is 12.5 Å².